The minimum Gasteiger partial charge on any atom is -0.481 e. The van der Waals surface area contributed by atoms with Crippen LogP contribution in [-0.4, -0.2) is 21.7 Å². The summed E-state index contributed by atoms with van der Waals surface area (Å²) in [4.78, 5) is 22.0. The minimum absolute atomic E-state index is 0.0274. The van der Waals surface area contributed by atoms with Crippen LogP contribution in [-0.2, 0) is 11.2 Å². The van der Waals surface area contributed by atoms with Gasteiger partial charge < -0.3 is 5.11 Å². The lowest BCUT2D eigenvalue weighted by molar-refractivity contribution is -0.136. The molecule has 0 fully saturated rings. The van der Waals surface area contributed by atoms with Crippen molar-refractivity contribution >= 4 is 27.7 Å². The molecule has 18 heavy (non-hydrogen) atoms. The highest BCUT2D eigenvalue weighted by Crippen LogP contribution is 2.27. The molecule has 1 aromatic carbocycles. The van der Waals surface area contributed by atoms with Crippen LogP contribution >= 0.6 is 15.9 Å². The van der Waals surface area contributed by atoms with Gasteiger partial charge in [-0.2, -0.15) is 0 Å². The van der Waals surface area contributed by atoms with Gasteiger partial charge in [0.2, 0.25) is 0 Å². The van der Waals surface area contributed by atoms with E-state index in [2.05, 4.69) is 15.9 Å². The number of ketones is 1. The first kappa shape index (κ1) is 14.8. The van der Waals surface area contributed by atoms with Gasteiger partial charge in [0.25, 0.3) is 6.43 Å². The van der Waals surface area contributed by atoms with Gasteiger partial charge in [-0.15, -0.1) is 0 Å². The smallest absolute Gasteiger partial charge is 0.307 e. The minimum atomic E-state index is -2.81. The van der Waals surface area contributed by atoms with Crippen LogP contribution < -0.4 is 0 Å². The topological polar surface area (TPSA) is 54.4 Å². The summed E-state index contributed by atoms with van der Waals surface area (Å²) in [6.45, 7) is 1.56. The van der Waals surface area contributed by atoms with E-state index in [9.17, 15) is 18.4 Å². The van der Waals surface area contributed by atoms with E-state index >= 15 is 0 Å². The van der Waals surface area contributed by atoms with Crippen LogP contribution in [0.3, 0.4) is 0 Å². The van der Waals surface area contributed by atoms with Crippen LogP contribution in [0.15, 0.2) is 18.2 Å². The lowest BCUT2D eigenvalue weighted by atomic mass is 9.95. The van der Waals surface area contributed by atoms with E-state index in [-0.39, 0.29) is 11.1 Å². The Bertz CT molecular complexity index is 472. The highest BCUT2D eigenvalue weighted by atomic mass is 79.9. The SMILES string of the molecule is CC(Br)C(=O)c1cccc(C(F)F)c1CC(=O)O. The number of rotatable bonds is 5. The number of alkyl halides is 3. The molecule has 0 bridgehead atoms. The number of carboxylic acids is 1. The molecule has 0 saturated carbocycles. The molecular weight excluding hydrogens is 310 g/mol. The molecule has 1 aromatic rings. The maximum atomic E-state index is 12.8. The summed E-state index contributed by atoms with van der Waals surface area (Å²) in [6, 6.07) is 3.83. The fourth-order valence-corrected chi connectivity index (χ4v) is 1.85. The maximum Gasteiger partial charge on any atom is 0.307 e. The summed E-state index contributed by atoms with van der Waals surface area (Å²) in [5.41, 5.74) is -0.493. The predicted octanol–water partition coefficient (Wildman–Crippen LogP) is 3.22. The Kier molecular flexibility index (Phi) is 4.95. The molecule has 0 saturated heterocycles. The standard InChI is InChI=1S/C12H11BrF2O3/c1-6(13)11(18)7-3-2-4-8(12(14)15)9(7)5-10(16)17/h2-4,6,12H,5H2,1H3,(H,16,17). The van der Waals surface area contributed by atoms with E-state index in [0.717, 1.165) is 6.07 Å². The Hall–Kier alpha value is -1.30. The summed E-state index contributed by atoms with van der Waals surface area (Å²) in [5, 5.41) is 8.75. The molecule has 0 aliphatic heterocycles. The van der Waals surface area contributed by atoms with Crippen LogP contribution in [0.25, 0.3) is 0 Å². The van der Waals surface area contributed by atoms with Crippen LogP contribution in [0.4, 0.5) is 8.78 Å². The molecule has 1 N–H and O–H groups in total. The van der Waals surface area contributed by atoms with Gasteiger partial charge in [0.1, 0.15) is 0 Å². The van der Waals surface area contributed by atoms with Crippen molar-refractivity contribution < 1.29 is 23.5 Å². The largest absolute Gasteiger partial charge is 0.481 e. The van der Waals surface area contributed by atoms with Crippen LogP contribution in [0.1, 0.15) is 34.8 Å². The van der Waals surface area contributed by atoms with E-state index in [1.807, 2.05) is 0 Å². The quantitative estimate of drug-likeness (QED) is 0.669. The van der Waals surface area contributed by atoms with Crippen molar-refractivity contribution in [3.05, 3.63) is 34.9 Å². The zero-order valence-corrected chi connectivity index (χ0v) is 11.1. The van der Waals surface area contributed by atoms with Crippen LogP contribution in [0.2, 0.25) is 0 Å². The van der Waals surface area contributed by atoms with Crippen molar-refractivity contribution in [1.82, 2.24) is 0 Å². The first-order valence-corrected chi connectivity index (χ1v) is 6.06. The van der Waals surface area contributed by atoms with Gasteiger partial charge in [0, 0.05) is 11.1 Å². The zero-order chi connectivity index (χ0) is 13.9. The summed E-state index contributed by atoms with van der Waals surface area (Å²) in [5.74, 6) is -1.66. The molecular formula is C12H11BrF2O3. The van der Waals surface area contributed by atoms with E-state index in [4.69, 9.17) is 5.11 Å². The van der Waals surface area contributed by atoms with Crippen molar-refractivity contribution in [2.24, 2.45) is 0 Å². The first-order chi connectivity index (χ1) is 8.34. The summed E-state index contributed by atoms with van der Waals surface area (Å²) in [7, 11) is 0. The van der Waals surface area contributed by atoms with Crippen molar-refractivity contribution in [1.29, 1.82) is 0 Å². The van der Waals surface area contributed by atoms with Crippen molar-refractivity contribution in [3.8, 4) is 0 Å². The lowest BCUT2D eigenvalue weighted by Gasteiger charge is -2.13. The average molecular weight is 321 g/mol. The Labute approximate surface area is 111 Å². The van der Waals surface area contributed by atoms with Crippen molar-refractivity contribution in [2.45, 2.75) is 24.6 Å². The second kappa shape index (κ2) is 6.04. The maximum absolute atomic E-state index is 12.8. The second-order valence-electron chi connectivity index (χ2n) is 3.72. The van der Waals surface area contributed by atoms with Crippen LogP contribution in [0, 0.1) is 0 Å². The number of carboxylic acid groups (broad SMARTS) is 1. The Morgan fingerprint density at radius 3 is 2.44 bits per heavy atom. The molecule has 0 aliphatic rings. The molecule has 98 valence electrons. The molecule has 0 amide bonds. The number of benzene rings is 1. The number of hydrogen-bond donors (Lipinski definition) is 1. The molecule has 3 nitrogen and oxygen atoms in total. The van der Waals surface area contributed by atoms with Gasteiger partial charge in [-0.05, 0) is 12.5 Å². The number of carbonyl (C=O) groups is 2. The molecule has 0 aliphatic carbocycles. The van der Waals surface area contributed by atoms with E-state index < -0.39 is 35.0 Å². The number of aliphatic carboxylic acids is 1. The third-order valence-corrected chi connectivity index (χ3v) is 2.82. The Morgan fingerprint density at radius 2 is 2.00 bits per heavy atom. The van der Waals surface area contributed by atoms with E-state index in [1.165, 1.54) is 12.1 Å². The fourth-order valence-electron chi connectivity index (χ4n) is 1.60. The van der Waals surface area contributed by atoms with E-state index in [1.54, 1.807) is 6.92 Å². The Morgan fingerprint density at radius 1 is 1.39 bits per heavy atom. The predicted molar refractivity (Wildman–Crippen MR) is 65.5 cm³/mol. The normalized spacial score (nSPS) is 12.5. The number of carbonyl (C=O) groups excluding carboxylic acids is 1. The number of hydrogen-bond acceptors (Lipinski definition) is 2. The van der Waals surface area contributed by atoms with Crippen LogP contribution in [0.5, 0.6) is 0 Å². The van der Waals surface area contributed by atoms with Gasteiger partial charge in [0.05, 0.1) is 11.2 Å². The average Bonchev–Trinajstić information content (AvgIpc) is 2.27. The fraction of sp³-hybridized carbons (Fsp3) is 0.333. The highest BCUT2D eigenvalue weighted by Gasteiger charge is 2.23. The van der Waals surface area contributed by atoms with Gasteiger partial charge in [-0.1, -0.05) is 34.1 Å². The first-order valence-electron chi connectivity index (χ1n) is 5.14. The zero-order valence-electron chi connectivity index (χ0n) is 9.49. The lowest BCUT2D eigenvalue weighted by Crippen LogP contribution is -2.16. The molecule has 1 unspecified atom stereocenters. The van der Waals surface area contributed by atoms with Gasteiger partial charge >= 0.3 is 5.97 Å². The summed E-state index contributed by atoms with van der Waals surface area (Å²) >= 11 is 3.05. The number of halogens is 3. The summed E-state index contributed by atoms with van der Waals surface area (Å²) in [6.07, 6.45) is -3.40. The third-order valence-electron chi connectivity index (χ3n) is 2.40. The number of Topliss-reactive ketones (excluding diaryl/α,β-unsaturated/α-hetero) is 1. The highest BCUT2D eigenvalue weighted by molar-refractivity contribution is 9.10. The second-order valence-corrected chi connectivity index (χ2v) is 5.10. The van der Waals surface area contributed by atoms with Crippen molar-refractivity contribution in [3.63, 3.8) is 0 Å². The van der Waals surface area contributed by atoms with Gasteiger partial charge in [-0.3, -0.25) is 9.59 Å². The molecule has 1 rings (SSSR count). The Balaban J connectivity index is 3.36. The summed E-state index contributed by atoms with van der Waals surface area (Å²) < 4.78 is 25.6. The monoisotopic (exact) mass is 320 g/mol. The van der Waals surface area contributed by atoms with Gasteiger partial charge in [-0.25, -0.2) is 8.78 Å². The molecule has 0 radical (unpaired) electrons. The third kappa shape index (κ3) is 3.35. The molecule has 6 heteroatoms. The molecule has 0 aromatic heterocycles. The molecule has 0 spiro atoms. The van der Waals surface area contributed by atoms with Gasteiger partial charge in [0.15, 0.2) is 5.78 Å². The van der Waals surface area contributed by atoms with E-state index in [0.29, 0.717) is 0 Å². The van der Waals surface area contributed by atoms with Crippen molar-refractivity contribution in [2.75, 3.05) is 0 Å². The molecule has 1 atom stereocenters. The molecule has 0 heterocycles.